The number of rotatable bonds is 4. The maximum absolute atomic E-state index is 12.6. The second-order valence-corrected chi connectivity index (χ2v) is 7.70. The van der Waals surface area contributed by atoms with Gasteiger partial charge in [0, 0.05) is 29.9 Å². The number of nitrogens with one attached hydrogen (secondary N) is 1. The molecule has 1 amide bonds. The van der Waals surface area contributed by atoms with Crippen LogP contribution in [0.3, 0.4) is 0 Å². The van der Waals surface area contributed by atoms with E-state index in [1.54, 1.807) is 43.7 Å². The van der Waals surface area contributed by atoms with Crippen LogP contribution >= 0.6 is 0 Å². The molecule has 0 fully saturated rings. The summed E-state index contributed by atoms with van der Waals surface area (Å²) in [7, 11) is -3.36. The first-order chi connectivity index (χ1) is 12.3. The second-order valence-electron chi connectivity index (χ2n) is 5.69. The van der Waals surface area contributed by atoms with Gasteiger partial charge in [-0.15, -0.1) is 0 Å². The molecule has 0 saturated heterocycles. The van der Waals surface area contributed by atoms with Crippen LogP contribution in [0, 0.1) is 6.92 Å². The lowest BCUT2D eigenvalue weighted by molar-refractivity contribution is 0.102. The van der Waals surface area contributed by atoms with E-state index in [1.165, 1.54) is 12.1 Å². The zero-order chi connectivity index (χ0) is 18.7. The lowest BCUT2D eigenvalue weighted by Crippen LogP contribution is -2.16. The summed E-state index contributed by atoms with van der Waals surface area (Å²) in [5.74, 6) is -0.466. The van der Waals surface area contributed by atoms with Crippen LogP contribution < -0.4 is 5.32 Å². The van der Waals surface area contributed by atoms with Gasteiger partial charge in [-0.3, -0.25) is 14.8 Å². The monoisotopic (exact) mass is 368 g/mol. The van der Waals surface area contributed by atoms with E-state index in [1.807, 2.05) is 6.07 Å². The van der Waals surface area contributed by atoms with Gasteiger partial charge in [0.2, 0.25) is 0 Å². The Morgan fingerprint density at radius 1 is 1.12 bits per heavy atom. The third-order valence-corrected chi connectivity index (χ3v) is 4.76. The number of aromatic nitrogens is 3. The lowest BCUT2D eigenvalue weighted by atomic mass is 10.2. The molecule has 0 aliphatic heterocycles. The Morgan fingerprint density at radius 2 is 1.92 bits per heavy atom. The predicted octanol–water partition coefficient (Wildman–Crippen LogP) is 2.50. The molecule has 26 heavy (non-hydrogen) atoms. The number of carbonyl (C=O) groups is 1. The van der Waals surface area contributed by atoms with Crippen molar-refractivity contribution >= 4 is 21.4 Å². The first-order valence-corrected chi connectivity index (χ1v) is 9.59. The summed E-state index contributed by atoms with van der Waals surface area (Å²) in [4.78, 5) is 25.4. The van der Waals surface area contributed by atoms with Crippen molar-refractivity contribution in [1.29, 1.82) is 0 Å². The van der Waals surface area contributed by atoms with E-state index in [0.29, 0.717) is 17.1 Å². The Labute approximate surface area is 151 Å². The Bertz CT molecular complexity index is 1070. The normalized spacial score (nSPS) is 11.2. The quantitative estimate of drug-likeness (QED) is 0.759. The van der Waals surface area contributed by atoms with E-state index in [9.17, 15) is 13.2 Å². The van der Waals surface area contributed by atoms with Gasteiger partial charge in [0.15, 0.2) is 9.84 Å². The van der Waals surface area contributed by atoms with E-state index in [0.717, 1.165) is 11.8 Å². The Balaban J connectivity index is 1.91. The molecule has 132 valence electrons. The number of amides is 1. The number of nitrogens with zero attached hydrogens (tertiary/aromatic N) is 3. The fourth-order valence-electron chi connectivity index (χ4n) is 2.31. The maximum Gasteiger partial charge on any atom is 0.276 e. The number of benzene rings is 1. The van der Waals surface area contributed by atoms with Gasteiger partial charge in [0.25, 0.3) is 5.91 Å². The number of pyridine rings is 1. The van der Waals surface area contributed by atoms with Gasteiger partial charge in [-0.1, -0.05) is 6.07 Å². The van der Waals surface area contributed by atoms with Crippen molar-refractivity contribution in [2.75, 3.05) is 11.6 Å². The molecule has 0 bridgehead atoms. The minimum Gasteiger partial charge on any atom is -0.321 e. The van der Waals surface area contributed by atoms with E-state index >= 15 is 0 Å². The fraction of sp³-hybridized carbons (Fsp3) is 0.111. The average molecular weight is 368 g/mol. The van der Waals surface area contributed by atoms with E-state index < -0.39 is 15.7 Å². The SMILES string of the molecule is Cc1ncc(-c2cccnc2)nc1C(=O)Nc1cccc(S(C)(=O)=O)c1. The van der Waals surface area contributed by atoms with Crippen LogP contribution in [0.15, 0.2) is 59.9 Å². The molecule has 2 heterocycles. The maximum atomic E-state index is 12.6. The topological polar surface area (TPSA) is 102 Å². The first kappa shape index (κ1) is 17.7. The lowest BCUT2D eigenvalue weighted by Gasteiger charge is -2.09. The third kappa shape index (κ3) is 3.92. The number of hydrogen-bond acceptors (Lipinski definition) is 6. The van der Waals surface area contributed by atoms with Crippen molar-refractivity contribution in [2.24, 2.45) is 0 Å². The van der Waals surface area contributed by atoms with Gasteiger partial charge in [-0.2, -0.15) is 0 Å². The highest BCUT2D eigenvalue weighted by Gasteiger charge is 2.15. The number of carbonyl (C=O) groups excluding carboxylic acids is 1. The molecule has 1 aromatic carbocycles. The van der Waals surface area contributed by atoms with Crippen molar-refractivity contribution in [3.63, 3.8) is 0 Å². The Morgan fingerprint density at radius 3 is 2.62 bits per heavy atom. The highest BCUT2D eigenvalue weighted by Crippen LogP contribution is 2.19. The number of anilines is 1. The summed E-state index contributed by atoms with van der Waals surface area (Å²) in [6, 6.07) is 9.65. The highest BCUT2D eigenvalue weighted by atomic mass is 32.2. The minimum atomic E-state index is -3.36. The molecule has 0 saturated carbocycles. The highest BCUT2D eigenvalue weighted by molar-refractivity contribution is 7.90. The zero-order valence-electron chi connectivity index (χ0n) is 14.2. The molecular formula is C18H16N4O3S. The molecule has 3 rings (SSSR count). The average Bonchev–Trinajstić information content (AvgIpc) is 2.62. The van der Waals surface area contributed by atoms with Gasteiger partial charge in [0.1, 0.15) is 5.69 Å². The summed E-state index contributed by atoms with van der Waals surface area (Å²) in [5.41, 5.74) is 2.27. The molecule has 0 radical (unpaired) electrons. The molecule has 0 aliphatic rings. The summed E-state index contributed by atoms with van der Waals surface area (Å²) in [6.45, 7) is 1.68. The first-order valence-electron chi connectivity index (χ1n) is 7.70. The molecule has 2 aromatic heterocycles. The van der Waals surface area contributed by atoms with Gasteiger partial charge < -0.3 is 5.32 Å². The number of sulfone groups is 1. The number of aryl methyl sites for hydroxylation is 1. The summed E-state index contributed by atoms with van der Waals surface area (Å²) in [5, 5.41) is 2.67. The van der Waals surface area contributed by atoms with Gasteiger partial charge >= 0.3 is 0 Å². The Hall–Kier alpha value is -3.13. The van der Waals surface area contributed by atoms with Gasteiger partial charge in [-0.05, 0) is 37.3 Å². The molecule has 7 nitrogen and oxygen atoms in total. The van der Waals surface area contributed by atoms with Crippen LogP contribution in [-0.2, 0) is 9.84 Å². The Kier molecular flexibility index (Phi) is 4.77. The van der Waals surface area contributed by atoms with Crippen molar-refractivity contribution in [2.45, 2.75) is 11.8 Å². The van der Waals surface area contributed by atoms with Crippen LogP contribution in [0.1, 0.15) is 16.2 Å². The summed E-state index contributed by atoms with van der Waals surface area (Å²) < 4.78 is 23.3. The largest absolute Gasteiger partial charge is 0.321 e. The zero-order valence-corrected chi connectivity index (χ0v) is 15.0. The van der Waals surface area contributed by atoms with Crippen LogP contribution in [0.4, 0.5) is 5.69 Å². The molecule has 0 atom stereocenters. The molecule has 0 aliphatic carbocycles. The molecule has 8 heteroatoms. The van der Waals surface area contributed by atoms with Crippen LogP contribution in [0.2, 0.25) is 0 Å². The molecule has 0 spiro atoms. The number of hydrogen-bond donors (Lipinski definition) is 1. The second kappa shape index (κ2) is 7.01. The van der Waals surface area contributed by atoms with E-state index in [-0.39, 0.29) is 10.6 Å². The standard InChI is InChI=1S/C18H16N4O3S/c1-12-17(22-16(11-20-12)13-5-4-8-19-10-13)18(23)21-14-6-3-7-15(9-14)26(2,24)25/h3-11H,1-2H3,(H,21,23). The summed E-state index contributed by atoms with van der Waals surface area (Å²) in [6.07, 6.45) is 5.97. The smallest absolute Gasteiger partial charge is 0.276 e. The van der Waals surface area contributed by atoms with Crippen LogP contribution in [-0.4, -0.2) is 35.5 Å². The summed E-state index contributed by atoms with van der Waals surface area (Å²) >= 11 is 0. The van der Waals surface area contributed by atoms with E-state index in [4.69, 9.17) is 0 Å². The van der Waals surface area contributed by atoms with E-state index in [2.05, 4.69) is 20.3 Å². The van der Waals surface area contributed by atoms with Crippen LogP contribution in [0.25, 0.3) is 11.3 Å². The molecule has 0 unspecified atom stereocenters. The molecule has 1 N–H and O–H groups in total. The van der Waals surface area contributed by atoms with Crippen molar-refractivity contribution in [3.05, 3.63) is 66.4 Å². The van der Waals surface area contributed by atoms with Gasteiger partial charge in [0.05, 0.1) is 22.5 Å². The van der Waals surface area contributed by atoms with Crippen molar-refractivity contribution in [3.8, 4) is 11.3 Å². The fourth-order valence-corrected chi connectivity index (χ4v) is 2.98. The minimum absolute atomic E-state index is 0.127. The van der Waals surface area contributed by atoms with Crippen LogP contribution in [0.5, 0.6) is 0 Å². The molecule has 3 aromatic rings. The molecular weight excluding hydrogens is 352 g/mol. The predicted molar refractivity (Wildman–Crippen MR) is 97.5 cm³/mol. The third-order valence-electron chi connectivity index (χ3n) is 3.65. The van der Waals surface area contributed by atoms with Crippen molar-refractivity contribution < 1.29 is 13.2 Å². The van der Waals surface area contributed by atoms with Crippen molar-refractivity contribution in [1.82, 2.24) is 15.0 Å². The van der Waals surface area contributed by atoms with Gasteiger partial charge in [-0.25, -0.2) is 13.4 Å².